The number of nitrogens with zero attached hydrogens (tertiary/aromatic N) is 1. The van der Waals surface area contributed by atoms with Crippen molar-refractivity contribution in [3.05, 3.63) is 17.9 Å². The molecule has 0 atom stereocenters. The van der Waals surface area contributed by atoms with Crippen molar-refractivity contribution in [3.8, 4) is 0 Å². The Morgan fingerprint density at radius 3 is 2.93 bits per heavy atom. The van der Waals surface area contributed by atoms with Crippen LogP contribution in [0.25, 0.3) is 0 Å². The van der Waals surface area contributed by atoms with Crippen molar-refractivity contribution in [2.45, 2.75) is 13.0 Å². The number of likely N-dealkylation sites (tertiary alicyclic amines) is 1. The average molecular weight is 210 g/mol. The highest BCUT2D eigenvalue weighted by Gasteiger charge is 2.25. The molecular weight excluding hydrogens is 196 g/mol. The Morgan fingerprint density at radius 1 is 1.67 bits per heavy atom. The van der Waals surface area contributed by atoms with Gasteiger partial charge >= 0.3 is 5.97 Å². The molecule has 5 nitrogen and oxygen atoms in total. The number of nitrogens with one attached hydrogen (secondary N) is 1. The standard InChI is InChI=1S/C10H14N2O3/c1-2-12-5-7(6-12)11-9-4-3-8(15-9)10(13)14/h3-4,7,11H,2,5-6H2,1H3,(H,13,14). The Hall–Kier alpha value is -1.49. The van der Waals surface area contributed by atoms with Crippen LogP contribution in [0.4, 0.5) is 5.88 Å². The van der Waals surface area contributed by atoms with Gasteiger partial charge in [0.1, 0.15) is 0 Å². The van der Waals surface area contributed by atoms with Crippen LogP contribution in [0, 0.1) is 0 Å². The van der Waals surface area contributed by atoms with E-state index in [4.69, 9.17) is 9.52 Å². The minimum absolute atomic E-state index is 0.0239. The van der Waals surface area contributed by atoms with Crippen molar-refractivity contribution in [2.24, 2.45) is 0 Å². The first-order valence-electron chi connectivity index (χ1n) is 5.01. The topological polar surface area (TPSA) is 65.7 Å². The van der Waals surface area contributed by atoms with E-state index in [1.165, 1.54) is 6.07 Å². The van der Waals surface area contributed by atoms with Gasteiger partial charge in [-0.05, 0) is 12.6 Å². The van der Waals surface area contributed by atoms with Crippen LogP contribution >= 0.6 is 0 Å². The quantitative estimate of drug-likeness (QED) is 0.778. The number of aromatic carboxylic acids is 1. The van der Waals surface area contributed by atoms with Gasteiger partial charge in [-0.3, -0.25) is 4.90 Å². The lowest BCUT2D eigenvalue weighted by Crippen LogP contribution is -2.54. The van der Waals surface area contributed by atoms with Gasteiger partial charge in [0.05, 0.1) is 6.04 Å². The molecule has 2 N–H and O–H groups in total. The highest BCUT2D eigenvalue weighted by Crippen LogP contribution is 2.17. The molecule has 0 unspecified atom stereocenters. The molecule has 0 radical (unpaired) electrons. The van der Waals surface area contributed by atoms with Crippen molar-refractivity contribution in [1.82, 2.24) is 4.90 Å². The van der Waals surface area contributed by atoms with Gasteiger partial charge in [-0.25, -0.2) is 4.79 Å². The number of furan rings is 1. The van der Waals surface area contributed by atoms with Gasteiger partial charge in [0.15, 0.2) is 5.88 Å². The van der Waals surface area contributed by atoms with E-state index < -0.39 is 5.97 Å². The van der Waals surface area contributed by atoms with E-state index in [1.807, 2.05) is 0 Å². The van der Waals surface area contributed by atoms with E-state index in [0.29, 0.717) is 11.9 Å². The summed E-state index contributed by atoms with van der Waals surface area (Å²) in [7, 11) is 0. The van der Waals surface area contributed by atoms with Crippen molar-refractivity contribution >= 4 is 11.9 Å². The molecule has 1 aliphatic heterocycles. The van der Waals surface area contributed by atoms with Crippen LogP contribution < -0.4 is 5.32 Å². The van der Waals surface area contributed by atoms with Gasteiger partial charge in [-0.1, -0.05) is 6.92 Å². The summed E-state index contributed by atoms with van der Waals surface area (Å²) < 4.78 is 5.09. The normalized spacial score (nSPS) is 17.4. The second-order valence-corrected chi connectivity index (χ2v) is 3.66. The molecule has 0 spiro atoms. The molecule has 0 aromatic carbocycles. The fraction of sp³-hybridized carbons (Fsp3) is 0.500. The lowest BCUT2D eigenvalue weighted by molar-refractivity contribution is 0.0663. The fourth-order valence-electron chi connectivity index (χ4n) is 1.65. The van der Waals surface area contributed by atoms with Crippen molar-refractivity contribution in [3.63, 3.8) is 0 Å². The molecule has 1 fully saturated rings. The van der Waals surface area contributed by atoms with Gasteiger partial charge in [0, 0.05) is 19.2 Å². The molecule has 0 saturated carbocycles. The van der Waals surface area contributed by atoms with Gasteiger partial charge in [-0.15, -0.1) is 0 Å². The van der Waals surface area contributed by atoms with Gasteiger partial charge in [-0.2, -0.15) is 0 Å². The Balaban J connectivity index is 1.87. The van der Waals surface area contributed by atoms with Crippen LogP contribution in [0.2, 0.25) is 0 Å². The van der Waals surface area contributed by atoms with Crippen LogP contribution in [-0.2, 0) is 0 Å². The van der Waals surface area contributed by atoms with Crippen LogP contribution in [0.3, 0.4) is 0 Å². The monoisotopic (exact) mass is 210 g/mol. The van der Waals surface area contributed by atoms with Crippen LogP contribution in [-0.4, -0.2) is 41.7 Å². The largest absolute Gasteiger partial charge is 0.475 e. The molecule has 1 aliphatic rings. The minimum atomic E-state index is -1.04. The predicted octanol–water partition coefficient (Wildman–Crippen LogP) is 1.09. The molecule has 1 aromatic heterocycles. The van der Waals surface area contributed by atoms with Crippen LogP contribution in [0.5, 0.6) is 0 Å². The summed E-state index contributed by atoms with van der Waals surface area (Å²) in [6.45, 7) is 5.14. The zero-order valence-electron chi connectivity index (χ0n) is 8.56. The lowest BCUT2D eigenvalue weighted by Gasteiger charge is -2.38. The van der Waals surface area contributed by atoms with E-state index in [9.17, 15) is 4.79 Å². The van der Waals surface area contributed by atoms with Crippen LogP contribution in [0.1, 0.15) is 17.5 Å². The van der Waals surface area contributed by atoms with Gasteiger partial charge in [0.25, 0.3) is 0 Å². The number of hydrogen-bond acceptors (Lipinski definition) is 4. The molecule has 82 valence electrons. The Morgan fingerprint density at radius 2 is 2.40 bits per heavy atom. The molecule has 0 bridgehead atoms. The molecule has 0 aliphatic carbocycles. The third kappa shape index (κ3) is 2.12. The average Bonchev–Trinajstić information content (AvgIpc) is 2.58. The summed E-state index contributed by atoms with van der Waals surface area (Å²) in [5.41, 5.74) is 0. The molecule has 2 rings (SSSR count). The maximum atomic E-state index is 10.6. The maximum absolute atomic E-state index is 10.6. The smallest absolute Gasteiger partial charge is 0.371 e. The zero-order chi connectivity index (χ0) is 10.8. The van der Waals surface area contributed by atoms with E-state index in [2.05, 4.69) is 17.1 Å². The number of carbonyl (C=O) groups is 1. The third-order valence-electron chi connectivity index (χ3n) is 2.57. The van der Waals surface area contributed by atoms with Gasteiger partial charge < -0.3 is 14.8 Å². The molecular formula is C10H14N2O3. The number of carboxylic acids is 1. The Bertz CT molecular complexity index is 355. The summed E-state index contributed by atoms with van der Waals surface area (Å²) in [6, 6.07) is 3.48. The number of carboxylic acid groups (broad SMARTS) is 1. The van der Waals surface area contributed by atoms with Crippen molar-refractivity contribution in [1.29, 1.82) is 0 Å². The molecule has 15 heavy (non-hydrogen) atoms. The summed E-state index contributed by atoms with van der Waals surface area (Å²) in [4.78, 5) is 12.8. The highest BCUT2D eigenvalue weighted by atomic mass is 16.4. The zero-order valence-corrected chi connectivity index (χ0v) is 8.56. The van der Waals surface area contributed by atoms with E-state index in [0.717, 1.165) is 19.6 Å². The first-order chi connectivity index (χ1) is 7.19. The number of rotatable bonds is 4. The second-order valence-electron chi connectivity index (χ2n) is 3.66. The predicted molar refractivity (Wildman–Crippen MR) is 55.2 cm³/mol. The van der Waals surface area contributed by atoms with E-state index in [-0.39, 0.29) is 5.76 Å². The van der Waals surface area contributed by atoms with E-state index >= 15 is 0 Å². The summed E-state index contributed by atoms with van der Waals surface area (Å²) in [6.07, 6.45) is 0. The SMILES string of the molecule is CCN1CC(Nc2ccc(C(=O)O)o2)C1. The van der Waals surface area contributed by atoms with Crippen molar-refractivity contribution in [2.75, 3.05) is 25.0 Å². The van der Waals surface area contributed by atoms with Crippen molar-refractivity contribution < 1.29 is 14.3 Å². The first kappa shape index (κ1) is 10.0. The number of anilines is 1. The number of likely N-dealkylation sites (N-methyl/N-ethyl adjacent to an activating group) is 1. The molecule has 0 amide bonds. The molecule has 1 saturated heterocycles. The molecule has 1 aromatic rings. The first-order valence-corrected chi connectivity index (χ1v) is 5.01. The lowest BCUT2D eigenvalue weighted by atomic mass is 10.1. The summed E-state index contributed by atoms with van der Waals surface area (Å²) in [5.74, 6) is -0.524. The Labute approximate surface area is 87.7 Å². The fourth-order valence-corrected chi connectivity index (χ4v) is 1.65. The summed E-state index contributed by atoms with van der Waals surface area (Å²) >= 11 is 0. The summed E-state index contributed by atoms with van der Waals surface area (Å²) in [5, 5.41) is 11.8. The van der Waals surface area contributed by atoms with E-state index in [1.54, 1.807) is 6.07 Å². The van der Waals surface area contributed by atoms with Crippen LogP contribution in [0.15, 0.2) is 16.5 Å². The number of hydrogen-bond donors (Lipinski definition) is 2. The molecule has 2 heterocycles. The van der Waals surface area contributed by atoms with Gasteiger partial charge in [0.2, 0.25) is 5.76 Å². The second kappa shape index (κ2) is 3.94. The molecule has 5 heteroatoms. The third-order valence-corrected chi connectivity index (χ3v) is 2.57. The minimum Gasteiger partial charge on any atom is -0.475 e. The highest BCUT2D eigenvalue weighted by molar-refractivity contribution is 5.84. The maximum Gasteiger partial charge on any atom is 0.371 e. The Kier molecular flexibility index (Phi) is 2.64.